The third-order valence-electron chi connectivity index (χ3n) is 7.68. The van der Waals surface area contributed by atoms with Gasteiger partial charge in [-0.25, -0.2) is 4.79 Å². The van der Waals surface area contributed by atoms with Crippen LogP contribution in [0, 0.1) is 17.8 Å². The molecule has 3 heterocycles. The Bertz CT molecular complexity index is 1300. The van der Waals surface area contributed by atoms with Gasteiger partial charge in [0.25, 0.3) is 5.91 Å². The van der Waals surface area contributed by atoms with Crippen molar-refractivity contribution in [3.8, 4) is 11.8 Å². The van der Waals surface area contributed by atoms with Crippen LogP contribution in [0.4, 0.5) is 4.79 Å². The summed E-state index contributed by atoms with van der Waals surface area (Å²) in [6.07, 6.45) is 4.88. The highest BCUT2D eigenvalue weighted by atomic mass is 16.2. The number of urea groups is 1. The van der Waals surface area contributed by atoms with Gasteiger partial charge in [0.05, 0.1) is 12.1 Å². The van der Waals surface area contributed by atoms with Crippen molar-refractivity contribution in [3.63, 3.8) is 0 Å². The molecular formula is C30H32N4O2. The summed E-state index contributed by atoms with van der Waals surface area (Å²) in [5.74, 6) is 5.67. The minimum Gasteiger partial charge on any atom is -0.323 e. The summed E-state index contributed by atoms with van der Waals surface area (Å²) in [6, 6.07) is 20.3. The molecule has 5 rings (SSSR count). The first kappa shape index (κ1) is 24.0. The smallest absolute Gasteiger partial charge is 0.323 e. The van der Waals surface area contributed by atoms with Crippen molar-refractivity contribution in [1.82, 2.24) is 20.1 Å². The van der Waals surface area contributed by atoms with Gasteiger partial charge in [0.15, 0.2) is 0 Å². The fraction of sp³-hybridized carbons (Fsp3) is 0.367. The highest BCUT2D eigenvalue weighted by Gasteiger charge is 2.55. The third-order valence-corrected chi connectivity index (χ3v) is 7.68. The number of aromatic nitrogens is 1. The second-order valence-electron chi connectivity index (χ2n) is 9.74. The van der Waals surface area contributed by atoms with Crippen LogP contribution in [0.5, 0.6) is 0 Å². The molecule has 1 aromatic heterocycles. The largest absolute Gasteiger partial charge is 0.325 e. The maximum Gasteiger partial charge on any atom is 0.325 e. The third kappa shape index (κ3) is 4.72. The molecule has 2 fully saturated rings. The SMILES string of the molecule is CC#CCN1C(=O)N[C@](CCc2ccccc2)(C2CCN(Cc3cccc4ncccc34)CC2)C1=O. The molecule has 2 aliphatic rings. The molecule has 0 saturated carbocycles. The van der Waals surface area contributed by atoms with Crippen molar-refractivity contribution in [3.05, 3.63) is 78.0 Å². The van der Waals surface area contributed by atoms with Crippen molar-refractivity contribution in [2.24, 2.45) is 5.92 Å². The van der Waals surface area contributed by atoms with Crippen LogP contribution >= 0.6 is 0 Å². The number of pyridine rings is 1. The molecule has 0 unspecified atom stereocenters. The van der Waals surface area contributed by atoms with E-state index in [1.54, 1.807) is 6.92 Å². The lowest BCUT2D eigenvalue weighted by molar-refractivity contribution is -0.134. The van der Waals surface area contributed by atoms with Crippen molar-refractivity contribution < 1.29 is 9.59 Å². The number of benzene rings is 2. The van der Waals surface area contributed by atoms with Gasteiger partial charge in [0.1, 0.15) is 5.54 Å². The Labute approximate surface area is 212 Å². The highest BCUT2D eigenvalue weighted by Crippen LogP contribution is 2.37. The molecule has 0 aliphatic carbocycles. The molecule has 36 heavy (non-hydrogen) atoms. The normalized spacial score (nSPS) is 20.9. The lowest BCUT2D eigenvalue weighted by Gasteiger charge is -2.41. The predicted molar refractivity (Wildman–Crippen MR) is 141 cm³/mol. The number of piperidine rings is 1. The van der Waals surface area contributed by atoms with Gasteiger partial charge in [-0.1, -0.05) is 54.5 Å². The van der Waals surface area contributed by atoms with Gasteiger partial charge >= 0.3 is 6.03 Å². The number of aryl methyl sites for hydroxylation is 1. The van der Waals surface area contributed by atoms with E-state index in [4.69, 9.17) is 0 Å². The Balaban J connectivity index is 1.33. The van der Waals surface area contributed by atoms with Gasteiger partial charge in [-0.2, -0.15) is 0 Å². The molecular weight excluding hydrogens is 448 g/mol. The van der Waals surface area contributed by atoms with Crippen molar-refractivity contribution >= 4 is 22.8 Å². The van der Waals surface area contributed by atoms with E-state index in [2.05, 4.69) is 57.4 Å². The predicted octanol–water partition coefficient (Wildman–Crippen LogP) is 4.39. The molecule has 1 N–H and O–H groups in total. The number of rotatable bonds is 7. The van der Waals surface area contributed by atoms with Crippen molar-refractivity contribution in [2.75, 3.05) is 19.6 Å². The fourth-order valence-electron chi connectivity index (χ4n) is 5.71. The van der Waals surface area contributed by atoms with Crippen LogP contribution in [0.25, 0.3) is 10.9 Å². The van der Waals surface area contributed by atoms with Crippen molar-refractivity contribution in [2.45, 2.75) is 44.7 Å². The maximum absolute atomic E-state index is 13.7. The summed E-state index contributed by atoms with van der Waals surface area (Å²) in [5, 5.41) is 4.34. The number of hydrogen-bond acceptors (Lipinski definition) is 4. The highest BCUT2D eigenvalue weighted by molar-refractivity contribution is 6.07. The molecule has 2 aromatic carbocycles. The van der Waals surface area contributed by atoms with Crippen LogP contribution in [0.2, 0.25) is 0 Å². The van der Waals surface area contributed by atoms with Crippen LogP contribution < -0.4 is 5.32 Å². The average Bonchev–Trinajstić information content (AvgIpc) is 3.17. The van der Waals surface area contributed by atoms with Crippen LogP contribution in [0.3, 0.4) is 0 Å². The van der Waals surface area contributed by atoms with Gasteiger partial charge in [-0.05, 0) is 74.9 Å². The van der Waals surface area contributed by atoms with Crippen LogP contribution in [0.15, 0.2) is 66.9 Å². The molecule has 6 nitrogen and oxygen atoms in total. The van der Waals surface area contributed by atoms with Gasteiger partial charge in [-0.15, -0.1) is 5.92 Å². The lowest BCUT2D eigenvalue weighted by atomic mass is 9.74. The Morgan fingerprint density at radius 1 is 1.03 bits per heavy atom. The molecule has 3 amide bonds. The molecule has 6 heteroatoms. The topological polar surface area (TPSA) is 65.5 Å². The van der Waals surface area contributed by atoms with E-state index in [0.29, 0.717) is 6.42 Å². The Morgan fingerprint density at radius 2 is 1.83 bits per heavy atom. The Hall–Kier alpha value is -3.69. The molecule has 2 saturated heterocycles. The first-order valence-corrected chi connectivity index (χ1v) is 12.7. The van der Waals surface area contributed by atoms with Gasteiger partial charge < -0.3 is 5.32 Å². The van der Waals surface area contributed by atoms with Crippen LogP contribution in [-0.4, -0.2) is 51.9 Å². The van der Waals surface area contributed by atoms with Gasteiger partial charge in [0.2, 0.25) is 0 Å². The monoisotopic (exact) mass is 480 g/mol. The molecule has 184 valence electrons. The summed E-state index contributed by atoms with van der Waals surface area (Å²) >= 11 is 0. The number of hydrogen-bond donors (Lipinski definition) is 1. The van der Waals surface area contributed by atoms with E-state index in [-0.39, 0.29) is 24.4 Å². The number of imide groups is 1. The number of amides is 3. The number of likely N-dealkylation sites (tertiary alicyclic amines) is 1. The van der Waals surface area contributed by atoms with Crippen LogP contribution in [-0.2, 0) is 17.8 Å². The summed E-state index contributed by atoms with van der Waals surface area (Å²) in [6.45, 7) is 4.48. The standard InChI is InChI=1S/C30H32N4O2/c1-2-3-19-34-28(35)30(32-29(34)36,17-14-23-9-5-4-6-10-23)25-15-20-33(21-16-25)22-24-11-7-13-27-26(24)12-8-18-31-27/h4-13,18,25H,14-17,19-22H2,1H3,(H,32,36)/t30-/m1/s1. The minimum absolute atomic E-state index is 0.0858. The molecule has 0 radical (unpaired) electrons. The van der Waals surface area contributed by atoms with E-state index in [1.165, 1.54) is 21.4 Å². The first-order chi connectivity index (χ1) is 17.6. The average molecular weight is 481 g/mol. The molecule has 0 bridgehead atoms. The Morgan fingerprint density at radius 3 is 2.61 bits per heavy atom. The quantitative estimate of drug-likeness (QED) is 0.402. The number of carbonyl (C=O) groups excluding carboxylic acids is 2. The summed E-state index contributed by atoms with van der Waals surface area (Å²) in [5.41, 5.74) is 2.58. The molecule has 2 aliphatic heterocycles. The van der Waals surface area contributed by atoms with E-state index < -0.39 is 5.54 Å². The van der Waals surface area contributed by atoms with E-state index in [9.17, 15) is 9.59 Å². The number of carbonyl (C=O) groups is 2. The zero-order valence-electron chi connectivity index (χ0n) is 20.7. The van der Waals surface area contributed by atoms with Gasteiger partial charge in [-0.3, -0.25) is 19.6 Å². The zero-order valence-corrected chi connectivity index (χ0v) is 20.7. The molecule has 3 aromatic rings. The van der Waals surface area contributed by atoms with Crippen molar-refractivity contribution in [1.29, 1.82) is 0 Å². The summed E-state index contributed by atoms with van der Waals surface area (Å²) in [4.78, 5) is 34.9. The van der Waals surface area contributed by atoms with Gasteiger partial charge in [0, 0.05) is 18.1 Å². The minimum atomic E-state index is -0.877. The number of nitrogens with zero attached hydrogens (tertiary/aromatic N) is 3. The molecule has 1 atom stereocenters. The second-order valence-corrected chi connectivity index (χ2v) is 9.74. The van der Waals surface area contributed by atoms with Crippen LogP contribution in [0.1, 0.15) is 37.3 Å². The number of nitrogens with one attached hydrogen (secondary N) is 1. The fourth-order valence-corrected chi connectivity index (χ4v) is 5.71. The second kappa shape index (κ2) is 10.5. The Kier molecular flexibility index (Phi) is 7.02. The first-order valence-electron chi connectivity index (χ1n) is 12.7. The van der Waals surface area contributed by atoms with E-state index in [0.717, 1.165) is 44.4 Å². The van der Waals surface area contributed by atoms with E-state index in [1.807, 2.05) is 36.5 Å². The summed E-state index contributed by atoms with van der Waals surface area (Å²) < 4.78 is 0. The molecule has 0 spiro atoms. The number of fused-ring (bicyclic) bond motifs is 1. The lowest BCUT2D eigenvalue weighted by Crippen LogP contribution is -2.56. The zero-order chi connectivity index (χ0) is 25.0. The van der Waals surface area contributed by atoms with E-state index >= 15 is 0 Å². The maximum atomic E-state index is 13.7. The summed E-state index contributed by atoms with van der Waals surface area (Å²) in [7, 11) is 0.